The smallest absolute Gasteiger partial charge is 0.264 e. The molecule has 4 aromatic rings. The fourth-order valence-electron chi connectivity index (χ4n) is 4.55. The molecule has 33 heavy (non-hydrogen) atoms. The first kappa shape index (κ1) is 21.1. The van der Waals surface area contributed by atoms with Crippen LogP contribution in [0.5, 0.6) is 11.5 Å². The molecule has 1 aliphatic heterocycles. The molecular formula is C27H23NO4S. The van der Waals surface area contributed by atoms with Gasteiger partial charge in [-0.1, -0.05) is 49.4 Å². The zero-order chi connectivity index (χ0) is 23.2. The molecule has 1 atom stereocenters. The highest BCUT2D eigenvalue weighted by atomic mass is 32.2. The van der Waals surface area contributed by atoms with Crippen LogP contribution in [0.3, 0.4) is 0 Å². The summed E-state index contributed by atoms with van der Waals surface area (Å²) in [5.74, 6) is 0.189. The van der Waals surface area contributed by atoms with Crippen LogP contribution in [0.2, 0.25) is 0 Å². The number of nitrogens with zero attached hydrogens (tertiary/aromatic N) is 1. The average molecular weight is 458 g/mol. The second-order valence-corrected chi connectivity index (χ2v) is 9.90. The first-order valence-corrected chi connectivity index (χ1v) is 12.2. The van der Waals surface area contributed by atoms with E-state index < -0.39 is 10.0 Å². The van der Waals surface area contributed by atoms with Crippen molar-refractivity contribution < 1.29 is 18.6 Å². The van der Waals surface area contributed by atoms with Gasteiger partial charge in [0.2, 0.25) is 0 Å². The van der Waals surface area contributed by atoms with E-state index in [9.17, 15) is 18.6 Å². The highest BCUT2D eigenvalue weighted by Crippen LogP contribution is 2.49. The predicted octanol–water partition coefficient (Wildman–Crippen LogP) is 6.09. The van der Waals surface area contributed by atoms with Crippen molar-refractivity contribution in [3.63, 3.8) is 0 Å². The van der Waals surface area contributed by atoms with Crippen molar-refractivity contribution in [2.75, 3.05) is 4.31 Å². The van der Waals surface area contributed by atoms with Crippen LogP contribution in [0.4, 0.5) is 5.69 Å². The summed E-state index contributed by atoms with van der Waals surface area (Å²) < 4.78 is 29.2. The van der Waals surface area contributed by atoms with E-state index in [2.05, 4.69) is 0 Å². The molecule has 0 bridgehead atoms. The van der Waals surface area contributed by atoms with Crippen molar-refractivity contribution in [3.8, 4) is 33.8 Å². The number of benzene rings is 4. The summed E-state index contributed by atoms with van der Waals surface area (Å²) in [7, 11) is -3.90. The number of hydrogen-bond donors (Lipinski definition) is 2. The molecule has 0 aromatic heterocycles. The number of anilines is 1. The Hall–Kier alpha value is -3.77. The number of phenols is 2. The molecule has 0 saturated heterocycles. The van der Waals surface area contributed by atoms with E-state index in [1.54, 1.807) is 18.2 Å². The molecule has 1 unspecified atom stereocenters. The Balaban J connectivity index is 1.75. The number of aromatic hydroxyl groups is 2. The van der Waals surface area contributed by atoms with Crippen LogP contribution < -0.4 is 4.31 Å². The predicted molar refractivity (Wildman–Crippen MR) is 130 cm³/mol. The lowest BCUT2D eigenvalue weighted by atomic mass is 9.87. The van der Waals surface area contributed by atoms with Crippen LogP contribution in [0.15, 0.2) is 95.9 Å². The summed E-state index contributed by atoms with van der Waals surface area (Å²) in [6, 6.07) is 25.9. The molecule has 6 heteroatoms. The van der Waals surface area contributed by atoms with Crippen LogP contribution >= 0.6 is 0 Å². The molecule has 0 spiro atoms. The molecule has 5 rings (SSSR count). The Morgan fingerprint density at radius 3 is 2.21 bits per heavy atom. The van der Waals surface area contributed by atoms with E-state index in [-0.39, 0.29) is 22.4 Å². The molecule has 2 N–H and O–H groups in total. The van der Waals surface area contributed by atoms with Gasteiger partial charge in [0, 0.05) is 5.56 Å². The van der Waals surface area contributed by atoms with Gasteiger partial charge in [0.05, 0.1) is 16.6 Å². The molecule has 0 saturated carbocycles. The van der Waals surface area contributed by atoms with Crippen molar-refractivity contribution in [1.82, 2.24) is 0 Å². The fraction of sp³-hybridized carbons (Fsp3) is 0.111. The van der Waals surface area contributed by atoms with Crippen molar-refractivity contribution in [2.24, 2.45) is 0 Å². The van der Waals surface area contributed by atoms with Crippen LogP contribution in [-0.2, 0) is 10.0 Å². The van der Waals surface area contributed by atoms with E-state index in [0.717, 1.165) is 27.8 Å². The van der Waals surface area contributed by atoms with Gasteiger partial charge in [-0.25, -0.2) is 8.42 Å². The number of rotatable bonds is 4. The van der Waals surface area contributed by atoms with E-state index in [1.807, 2.05) is 55.5 Å². The molecule has 0 amide bonds. The normalized spacial score (nSPS) is 15.1. The highest BCUT2D eigenvalue weighted by Gasteiger charge is 2.38. The van der Waals surface area contributed by atoms with E-state index in [0.29, 0.717) is 12.1 Å². The second-order valence-electron chi connectivity index (χ2n) is 8.09. The van der Waals surface area contributed by atoms with Crippen molar-refractivity contribution in [2.45, 2.75) is 24.3 Å². The largest absolute Gasteiger partial charge is 0.508 e. The maximum atomic E-state index is 13.9. The summed E-state index contributed by atoms with van der Waals surface area (Å²) in [5.41, 5.74) is 5.11. The SMILES string of the molecule is CCC1c2ccccc2-c2cc(-c3cccc(O)c3)ccc2N1S(=O)(=O)c1ccc(O)cc1. The molecule has 1 heterocycles. The van der Waals surface area contributed by atoms with Crippen LogP contribution in [-0.4, -0.2) is 18.6 Å². The first-order valence-electron chi connectivity index (χ1n) is 10.8. The topological polar surface area (TPSA) is 77.8 Å². The van der Waals surface area contributed by atoms with Gasteiger partial charge >= 0.3 is 0 Å². The van der Waals surface area contributed by atoms with Gasteiger partial charge in [0.15, 0.2) is 0 Å². The molecule has 0 aliphatic carbocycles. The maximum absolute atomic E-state index is 13.9. The minimum atomic E-state index is -3.90. The third kappa shape index (κ3) is 3.52. The number of sulfonamides is 1. The molecular weight excluding hydrogens is 434 g/mol. The summed E-state index contributed by atoms with van der Waals surface area (Å²) in [6.07, 6.45) is 0.599. The second kappa shape index (κ2) is 7.98. The highest BCUT2D eigenvalue weighted by molar-refractivity contribution is 7.92. The van der Waals surface area contributed by atoms with E-state index in [1.165, 1.54) is 28.6 Å². The van der Waals surface area contributed by atoms with E-state index >= 15 is 0 Å². The lowest BCUT2D eigenvalue weighted by Crippen LogP contribution is -2.37. The minimum Gasteiger partial charge on any atom is -0.508 e. The van der Waals surface area contributed by atoms with Crippen molar-refractivity contribution >= 4 is 15.7 Å². The quantitative estimate of drug-likeness (QED) is 0.389. The molecule has 5 nitrogen and oxygen atoms in total. The van der Waals surface area contributed by atoms with Crippen molar-refractivity contribution in [3.05, 3.63) is 96.6 Å². The molecule has 0 radical (unpaired) electrons. The monoisotopic (exact) mass is 457 g/mol. The molecule has 0 fully saturated rings. The summed E-state index contributed by atoms with van der Waals surface area (Å²) in [6.45, 7) is 1.98. The van der Waals surface area contributed by atoms with E-state index in [4.69, 9.17) is 0 Å². The zero-order valence-electron chi connectivity index (χ0n) is 18.0. The lowest BCUT2D eigenvalue weighted by Gasteiger charge is -2.39. The Kier molecular flexibility index (Phi) is 5.10. The van der Waals surface area contributed by atoms with Gasteiger partial charge in [-0.2, -0.15) is 0 Å². The molecule has 166 valence electrons. The summed E-state index contributed by atoms with van der Waals surface area (Å²) in [5, 5.41) is 19.6. The summed E-state index contributed by atoms with van der Waals surface area (Å²) >= 11 is 0. The Morgan fingerprint density at radius 1 is 0.758 bits per heavy atom. The van der Waals surface area contributed by atoms with Crippen LogP contribution in [0, 0.1) is 0 Å². The third-order valence-electron chi connectivity index (χ3n) is 6.09. The van der Waals surface area contributed by atoms with Gasteiger partial charge in [-0.05, 0) is 77.2 Å². The van der Waals surface area contributed by atoms with Gasteiger partial charge < -0.3 is 10.2 Å². The fourth-order valence-corrected chi connectivity index (χ4v) is 6.27. The van der Waals surface area contributed by atoms with Gasteiger partial charge in [-0.15, -0.1) is 0 Å². The Morgan fingerprint density at radius 2 is 1.48 bits per heavy atom. The maximum Gasteiger partial charge on any atom is 0.264 e. The minimum absolute atomic E-state index is 0.0149. The van der Waals surface area contributed by atoms with Gasteiger partial charge in [0.25, 0.3) is 10.0 Å². The lowest BCUT2D eigenvalue weighted by molar-refractivity contribution is 0.474. The third-order valence-corrected chi connectivity index (χ3v) is 7.92. The first-order chi connectivity index (χ1) is 15.9. The Labute approximate surface area is 193 Å². The van der Waals surface area contributed by atoms with Crippen LogP contribution in [0.25, 0.3) is 22.3 Å². The Bertz CT molecular complexity index is 1450. The number of phenolic OH excluding ortho intramolecular Hbond substituents is 2. The molecule has 4 aromatic carbocycles. The van der Waals surface area contributed by atoms with Gasteiger partial charge in [0.1, 0.15) is 11.5 Å². The summed E-state index contributed by atoms with van der Waals surface area (Å²) in [4.78, 5) is 0.126. The van der Waals surface area contributed by atoms with Gasteiger partial charge in [-0.3, -0.25) is 4.31 Å². The standard InChI is InChI=1S/C27H23NO4S/c1-2-26-24-9-4-3-8-23(24)25-17-19(18-6-5-7-21(30)16-18)10-15-27(25)28(26)33(31,32)22-13-11-20(29)12-14-22/h3-17,26,29-30H,2H2,1H3. The zero-order valence-corrected chi connectivity index (χ0v) is 18.8. The number of hydrogen-bond acceptors (Lipinski definition) is 4. The average Bonchev–Trinajstić information content (AvgIpc) is 2.83. The number of fused-ring (bicyclic) bond motifs is 3. The van der Waals surface area contributed by atoms with Crippen molar-refractivity contribution in [1.29, 1.82) is 0 Å². The van der Waals surface area contributed by atoms with Crippen LogP contribution in [0.1, 0.15) is 24.9 Å². The molecule has 1 aliphatic rings.